The van der Waals surface area contributed by atoms with Crippen LogP contribution in [-0.2, 0) is 4.74 Å². The first kappa shape index (κ1) is 12.4. The van der Waals surface area contributed by atoms with Crippen LogP contribution in [0.3, 0.4) is 0 Å². The fourth-order valence-electron chi connectivity index (χ4n) is 3.51. The van der Waals surface area contributed by atoms with E-state index in [1.54, 1.807) is 12.3 Å². The highest BCUT2D eigenvalue weighted by Gasteiger charge is 2.39. The first-order valence-electron chi connectivity index (χ1n) is 6.91. The third kappa shape index (κ3) is 2.55. The lowest BCUT2D eigenvalue weighted by Gasteiger charge is -2.22. The number of carbonyl (C=O) groups excluding carboxylic acids is 1. The number of anilines is 1. The molecule has 1 N–H and O–H groups in total. The van der Waals surface area contributed by atoms with Crippen molar-refractivity contribution in [2.75, 3.05) is 19.0 Å². The Morgan fingerprint density at radius 1 is 1.47 bits per heavy atom. The molecule has 0 saturated heterocycles. The third-order valence-electron chi connectivity index (χ3n) is 4.45. The van der Waals surface area contributed by atoms with Gasteiger partial charge in [-0.25, -0.2) is 14.8 Å². The molecule has 2 fully saturated rings. The number of hydrogen-bond donors (Lipinski definition) is 1. The quantitative estimate of drug-likeness (QED) is 0.841. The molecule has 1 aromatic heterocycles. The number of carbonyl (C=O) groups is 1. The predicted molar refractivity (Wildman–Crippen MR) is 70.8 cm³/mol. The Bertz CT molecular complexity index is 478. The molecular formula is C14H19N3O2. The molecule has 0 amide bonds. The molecule has 19 heavy (non-hydrogen) atoms. The van der Waals surface area contributed by atoms with Gasteiger partial charge in [-0.3, -0.25) is 0 Å². The van der Waals surface area contributed by atoms with Crippen molar-refractivity contribution in [3.63, 3.8) is 0 Å². The average molecular weight is 261 g/mol. The number of esters is 1. The van der Waals surface area contributed by atoms with E-state index in [9.17, 15) is 4.79 Å². The van der Waals surface area contributed by atoms with Crippen LogP contribution in [0.4, 0.5) is 5.82 Å². The molecule has 1 aromatic rings. The average Bonchev–Trinajstić information content (AvgIpc) is 3.07. The summed E-state index contributed by atoms with van der Waals surface area (Å²) in [5.41, 5.74) is 0. The summed E-state index contributed by atoms with van der Waals surface area (Å²) in [6.07, 6.45) is 7.13. The van der Waals surface area contributed by atoms with Crippen LogP contribution in [0.1, 0.15) is 36.3 Å². The van der Waals surface area contributed by atoms with Crippen molar-refractivity contribution in [1.82, 2.24) is 9.97 Å². The SMILES string of the molecule is COC(=O)c1nccc(NCC2CC3CCC2C3)n1. The van der Waals surface area contributed by atoms with E-state index in [1.165, 1.54) is 32.8 Å². The summed E-state index contributed by atoms with van der Waals surface area (Å²) in [5, 5.41) is 3.33. The second kappa shape index (κ2) is 5.15. The van der Waals surface area contributed by atoms with E-state index < -0.39 is 5.97 Å². The highest BCUT2D eigenvalue weighted by molar-refractivity contribution is 5.85. The Morgan fingerprint density at radius 3 is 3.05 bits per heavy atom. The normalized spacial score (nSPS) is 28.4. The van der Waals surface area contributed by atoms with Gasteiger partial charge in [-0.1, -0.05) is 6.42 Å². The van der Waals surface area contributed by atoms with Crippen molar-refractivity contribution in [2.24, 2.45) is 17.8 Å². The van der Waals surface area contributed by atoms with E-state index in [1.807, 2.05) is 0 Å². The molecule has 3 atom stereocenters. The van der Waals surface area contributed by atoms with Crippen molar-refractivity contribution in [1.29, 1.82) is 0 Å². The zero-order chi connectivity index (χ0) is 13.2. The molecule has 5 nitrogen and oxygen atoms in total. The Morgan fingerprint density at radius 2 is 2.37 bits per heavy atom. The van der Waals surface area contributed by atoms with Gasteiger partial charge in [0.1, 0.15) is 5.82 Å². The summed E-state index contributed by atoms with van der Waals surface area (Å²) in [6.45, 7) is 0.943. The zero-order valence-corrected chi connectivity index (χ0v) is 11.1. The summed E-state index contributed by atoms with van der Waals surface area (Å²) in [6, 6.07) is 1.79. The second-order valence-corrected chi connectivity index (χ2v) is 5.57. The fourth-order valence-corrected chi connectivity index (χ4v) is 3.51. The largest absolute Gasteiger partial charge is 0.463 e. The standard InChI is InChI=1S/C14H19N3O2/c1-19-14(18)13-15-5-4-12(17-13)16-8-11-7-9-2-3-10(11)6-9/h4-5,9-11H,2-3,6-8H2,1H3,(H,15,16,17). The predicted octanol–water partition coefficient (Wildman–Crippen LogP) is 2.11. The lowest BCUT2D eigenvalue weighted by molar-refractivity contribution is 0.0587. The summed E-state index contributed by atoms with van der Waals surface area (Å²) >= 11 is 0. The summed E-state index contributed by atoms with van der Waals surface area (Å²) in [4.78, 5) is 19.4. The number of aromatic nitrogens is 2. The van der Waals surface area contributed by atoms with E-state index in [4.69, 9.17) is 0 Å². The van der Waals surface area contributed by atoms with Crippen molar-refractivity contribution in [3.8, 4) is 0 Å². The molecule has 2 aliphatic rings. The maximum absolute atomic E-state index is 11.4. The van der Waals surface area contributed by atoms with Crippen LogP contribution < -0.4 is 5.32 Å². The minimum atomic E-state index is -0.497. The molecule has 102 valence electrons. The number of fused-ring (bicyclic) bond motifs is 2. The van der Waals surface area contributed by atoms with Crippen molar-refractivity contribution in [3.05, 3.63) is 18.1 Å². The lowest BCUT2D eigenvalue weighted by atomic mass is 9.89. The maximum Gasteiger partial charge on any atom is 0.376 e. The van der Waals surface area contributed by atoms with Crippen molar-refractivity contribution >= 4 is 11.8 Å². The fraction of sp³-hybridized carbons (Fsp3) is 0.643. The van der Waals surface area contributed by atoms with Crippen LogP contribution in [0.5, 0.6) is 0 Å². The molecule has 0 aliphatic heterocycles. The third-order valence-corrected chi connectivity index (χ3v) is 4.45. The topological polar surface area (TPSA) is 64.1 Å². The molecule has 5 heteroatoms. The molecule has 3 rings (SSSR count). The van der Waals surface area contributed by atoms with Gasteiger partial charge in [0.25, 0.3) is 0 Å². The summed E-state index contributed by atoms with van der Waals surface area (Å²) in [7, 11) is 1.33. The van der Waals surface area contributed by atoms with Gasteiger partial charge in [-0.05, 0) is 43.1 Å². The Balaban J connectivity index is 1.59. The molecule has 0 spiro atoms. The second-order valence-electron chi connectivity index (χ2n) is 5.57. The van der Waals surface area contributed by atoms with Crippen LogP contribution >= 0.6 is 0 Å². The first-order valence-corrected chi connectivity index (χ1v) is 6.91. The Labute approximate surface area is 112 Å². The monoisotopic (exact) mass is 261 g/mol. The lowest BCUT2D eigenvalue weighted by Crippen LogP contribution is -2.21. The first-order chi connectivity index (χ1) is 9.26. The van der Waals surface area contributed by atoms with Gasteiger partial charge in [0.2, 0.25) is 5.82 Å². The van der Waals surface area contributed by atoms with Gasteiger partial charge in [0.05, 0.1) is 7.11 Å². The van der Waals surface area contributed by atoms with E-state index in [2.05, 4.69) is 20.0 Å². The van der Waals surface area contributed by atoms with Crippen LogP contribution in [0.15, 0.2) is 12.3 Å². The highest BCUT2D eigenvalue weighted by Crippen LogP contribution is 2.48. The minimum absolute atomic E-state index is 0.112. The van der Waals surface area contributed by atoms with E-state index in [-0.39, 0.29) is 5.82 Å². The number of nitrogens with zero attached hydrogens (tertiary/aromatic N) is 2. The van der Waals surface area contributed by atoms with E-state index in [0.29, 0.717) is 5.82 Å². The van der Waals surface area contributed by atoms with Gasteiger partial charge in [0.15, 0.2) is 0 Å². The van der Waals surface area contributed by atoms with Gasteiger partial charge < -0.3 is 10.1 Å². The van der Waals surface area contributed by atoms with Gasteiger partial charge in [-0.15, -0.1) is 0 Å². The summed E-state index contributed by atoms with van der Waals surface area (Å²) in [5.74, 6) is 2.92. The van der Waals surface area contributed by atoms with Gasteiger partial charge in [-0.2, -0.15) is 0 Å². The molecule has 0 aromatic carbocycles. The van der Waals surface area contributed by atoms with Gasteiger partial charge in [0, 0.05) is 12.7 Å². The molecule has 2 saturated carbocycles. The number of rotatable bonds is 4. The maximum atomic E-state index is 11.4. The van der Waals surface area contributed by atoms with Crippen molar-refractivity contribution < 1.29 is 9.53 Å². The molecule has 3 unspecified atom stereocenters. The molecule has 0 radical (unpaired) electrons. The van der Waals surface area contributed by atoms with Crippen LogP contribution in [0, 0.1) is 17.8 Å². The number of ether oxygens (including phenoxy) is 1. The van der Waals surface area contributed by atoms with E-state index >= 15 is 0 Å². The number of methoxy groups -OCH3 is 1. The van der Waals surface area contributed by atoms with Crippen LogP contribution in [0.25, 0.3) is 0 Å². The van der Waals surface area contributed by atoms with Gasteiger partial charge >= 0.3 is 5.97 Å². The summed E-state index contributed by atoms with van der Waals surface area (Å²) < 4.78 is 4.62. The van der Waals surface area contributed by atoms with Crippen LogP contribution in [0.2, 0.25) is 0 Å². The Hall–Kier alpha value is -1.65. The molecule has 1 heterocycles. The molecular weight excluding hydrogens is 242 g/mol. The van der Waals surface area contributed by atoms with Crippen molar-refractivity contribution in [2.45, 2.75) is 25.7 Å². The minimum Gasteiger partial charge on any atom is -0.463 e. The zero-order valence-electron chi connectivity index (χ0n) is 11.1. The van der Waals surface area contributed by atoms with E-state index in [0.717, 1.165) is 24.3 Å². The number of hydrogen-bond acceptors (Lipinski definition) is 5. The smallest absolute Gasteiger partial charge is 0.376 e. The molecule has 2 aliphatic carbocycles. The highest BCUT2D eigenvalue weighted by atomic mass is 16.5. The van der Waals surface area contributed by atoms with Crippen LogP contribution in [-0.4, -0.2) is 29.6 Å². The Kier molecular flexibility index (Phi) is 3.36. The molecule has 2 bridgehead atoms. The number of nitrogens with one attached hydrogen (secondary N) is 1.